The van der Waals surface area contributed by atoms with Crippen molar-refractivity contribution >= 4 is 52.3 Å². The number of hydrogen-bond donors (Lipinski definition) is 4. The number of rotatable bonds is 12. The predicted octanol–water partition coefficient (Wildman–Crippen LogP) is 2.53. The number of carboxylic acid groups (broad SMARTS) is 1. The van der Waals surface area contributed by atoms with E-state index in [1.807, 2.05) is 26.1 Å². The number of nitrogens with zero attached hydrogens (tertiary/aromatic N) is 1. The number of carbonyl (C=O) groups is 4. The number of carbonyl (C=O) groups excluding carboxylic acids is 3. The summed E-state index contributed by atoms with van der Waals surface area (Å²) in [4.78, 5) is 50.6. The summed E-state index contributed by atoms with van der Waals surface area (Å²) in [6.45, 7) is 5.60. The van der Waals surface area contributed by atoms with Crippen molar-refractivity contribution in [2.24, 2.45) is 0 Å². The molecule has 11 heteroatoms. The fourth-order valence-corrected chi connectivity index (χ4v) is 3.95. The maximum atomic E-state index is 13.0. The molecule has 184 valence electrons. The van der Waals surface area contributed by atoms with Gasteiger partial charge in [-0.2, -0.15) is 0 Å². The van der Waals surface area contributed by atoms with E-state index >= 15 is 0 Å². The molecule has 0 radical (unpaired) electrons. The van der Waals surface area contributed by atoms with Crippen LogP contribution in [0.1, 0.15) is 34.1 Å². The van der Waals surface area contributed by atoms with Crippen LogP contribution in [-0.2, 0) is 20.8 Å². The molecule has 1 aromatic heterocycles. The molecule has 1 heterocycles. The Morgan fingerprint density at radius 1 is 1.18 bits per heavy atom. The Balaban J connectivity index is 2.13. The fourth-order valence-electron chi connectivity index (χ4n) is 3.01. The smallest absolute Gasteiger partial charge is 0.312 e. The van der Waals surface area contributed by atoms with Crippen molar-refractivity contribution in [2.75, 3.05) is 32.0 Å². The van der Waals surface area contributed by atoms with Gasteiger partial charge >= 0.3 is 5.97 Å². The number of likely N-dealkylation sites (N-methyl/N-ethyl adjacent to an activating group) is 1. The zero-order valence-corrected chi connectivity index (χ0v) is 20.9. The highest BCUT2D eigenvalue weighted by Gasteiger charge is 2.24. The second-order valence-electron chi connectivity index (χ2n) is 7.78. The molecule has 0 saturated heterocycles. The van der Waals surface area contributed by atoms with Crippen molar-refractivity contribution in [3.63, 3.8) is 0 Å². The molecular weight excluding hydrogens is 480 g/mol. The lowest BCUT2D eigenvalue weighted by Crippen LogP contribution is -2.50. The summed E-state index contributed by atoms with van der Waals surface area (Å²) in [6.07, 6.45) is 0.0702. The number of halogens is 1. The summed E-state index contributed by atoms with van der Waals surface area (Å²) in [6, 6.07) is 7.52. The summed E-state index contributed by atoms with van der Waals surface area (Å²) in [5.74, 6) is -3.14. The third-order valence-corrected chi connectivity index (χ3v) is 6.38. The van der Waals surface area contributed by atoms with E-state index in [-0.39, 0.29) is 6.54 Å². The quantitative estimate of drug-likeness (QED) is 0.326. The van der Waals surface area contributed by atoms with Crippen molar-refractivity contribution in [3.05, 3.63) is 50.7 Å². The average Bonchev–Trinajstić information content (AvgIpc) is 3.22. The maximum absolute atomic E-state index is 13.0. The van der Waals surface area contributed by atoms with E-state index in [9.17, 15) is 19.2 Å². The molecule has 0 bridgehead atoms. The first-order chi connectivity index (χ1) is 16.1. The van der Waals surface area contributed by atoms with Gasteiger partial charge in [0, 0.05) is 18.8 Å². The highest BCUT2D eigenvalue weighted by molar-refractivity contribution is 7.18. The molecule has 2 aromatic rings. The van der Waals surface area contributed by atoms with Gasteiger partial charge in [-0.25, -0.2) is 0 Å². The Labute approximate surface area is 207 Å². The SMILES string of the molecule is CCN(C)CCc1cc(NC(=O)[C@@H](CNC(=O)CC(=O)O)NC(=O)c2ccc(Cl)s2)ccc1C. The van der Waals surface area contributed by atoms with E-state index in [4.69, 9.17) is 16.7 Å². The van der Waals surface area contributed by atoms with E-state index in [1.165, 1.54) is 6.07 Å². The van der Waals surface area contributed by atoms with E-state index in [0.717, 1.165) is 42.0 Å². The lowest BCUT2D eigenvalue weighted by Gasteiger charge is -2.20. The van der Waals surface area contributed by atoms with Crippen LogP contribution in [0.4, 0.5) is 5.69 Å². The van der Waals surface area contributed by atoms with Crippen LogP contribution in [0.15, 0.2) is 30.3 Å². The zero-order chi connectivity index (χ0) is 25.3. The number of anilines is 1. The van der Waals surface area contributed by atoms with Gasteiger partial charge in [-0.15, -0.1) is 11.3 Å². The van der Waals surface area contributed by atoms with E-state index < -0.39 is 36.2 Å². The first-order valence-corrected chi connectivity index (χ1v) is 11.9. The minimum atomic E-state index is -1.29. The number of nitrogens with one attached hydrogen (secondary N) is 3. The van der Waals surface area contributed by atoms with Crippen LogP contribution in [0.2, 0.25) is 4.34 Å². The minimum absolute atomic E-state index is 0.275. The summed E-state index contributed by atoms with van der Waals surface area (Å²) >= 11 is 6.94. The second-order valence-corrected chi connectivity index (χ2v) is 9.50. The lowest BCUT2D eigenvalue weighted by atomic mass is 10.0. The third-order valence-electron chi connectivity index (χ3n) is 5.15. The van der Waals surface area contributed by atoms with Crippen molar-refractivity contribution in [2.45, 2.75) is 32.7 Å². The van der Waals surface area contributed by atoms with E-state index in [2.05, 4.69) is 27.8 Å². The van der Waals surface area contributed by atoms with Gasteiger partial charge in [0.2, 0.25) is 11.8 Å². The van der Waals surface area contributed by atoms with E-state index in [0.29, 0.717) is 14.9 Å². The Kier molecular flexibility index (Phi) is 10.5. The van der Waals surface area contributed by atoms with Gasteiger partial charge in [-0.05, 0) is 62.3 Å². The average molecular weight is 509 g/mol. The molecule has 3 amide bonds. The van der Waals surface area contributed by atoms with Crippen LogP contribution in [0.5, 0.6) is 0 Å². The first-order valence-electron chi connectivity index (χ1n) is 10.7. The lowest BCUT2D eigenvalue weighted by molar-refractivity contribution is -0.140. The van der Waals surface area contributed by atoms with Crippen LogP contribution in [0.3, 0.4) is 0 Å². The fraction of sp³-hybridized carbons (Fsp3) is 0.391. The maximum Gasteiger partial charge on any atom is 0.312 e. The normalized spacial score (nSPS) is 11.7. The number of carboxylic acids is 1. The molecule has 0 spiro atoms. The number of hydrogen-bond acceptors (Lipinski definition) is 6. The van der Waals surface area contributed by atoms with E-state index in [1.54, 1.807) is 12.1 Å². The predicted molar refractivity (Wildman–Crippen MR) is 133 cm³/mol. The van der Waals surface area contributed by atoms with Crippen LogP contribution >= 0.6 is 22.9 Å². The molecule has 4 N–H and O–H groups in total. The van der Waals surface area contributed by atoms with Gasteiger partial charge in [-0.3, -0.25) is 19.2 Å². The Bertz CT molecular complexity index is 1040. The molecule has 34 heavy (non-hydrogen) atoms. The zero-order valence-electron chi connectivity index (χ0n) is 19.3. The number of thiophene rings is 1. The Morgan fingerprint density at radius 2 is 1.91 bits per heavy atom. The summed E-state index contributed by atoms with van der Waals surface area (Å²) < 4.78 is 0.418. The molecular formula is C23H29ClN4O5S. The molecule has 0 unspecified atom stereocenters. The largest absolute Gasteiger partial charge is 0.481 e. The molecule has 9 nitrogen and oxygen atoms in total. The number of benzene rings is 1. The molecule has 0 saturated carbocycles. The van der Waals surface area contributed by atoms with Gasteiger partial charge in [0.1, 0.15) is 12.5 Å². The highest BCUT2D eigenvalue weighted by Crippen LogP contribution is 2.21. The second kappa shape index (κ2) is 13.1. The number of aliphatic carboxylic acids is 1. The number of aryl methyl sites for hydroxylation is 1. The van der Waals surface area contributed by atoms with Crippen molar-refractivity contribution in [1.82, 2.24) is 15.5 Å². The molecule has 0 aliphatic rings. The van der Waals surface area contributed by atoms with Crippen molar-refractivity contribution < 1.29 is 24.3 Å². The molecule has 0 aliphatic carbocycles. The molecule has 2 rings (SSSR count). The van der Waals surface area contributed by atoms with Crippen molar-refractivity contribution in [3.8, 4) is 0 Å². The van der Waals surface area contributed by atoms with Crippen LogP contribution in [0, 0.1) is 6.92 Å². The van der Waals surface area contributed by atoms with Crippen molar-refractivity contribution in [1.29, 1.82) is 0 Å². The molecule has 1 aromatic carbocycles. The van der Waals surface area contributed by atoms with Gasteiger partial charge in [0.05, 0.1) is 9.21 Å². The van der Waals surface area contributed by atoms with Gasteiger partial charge in [0.25, 0.3) is 5.91 Å². The standard InChI is InChI=1S/C23H29ClN4O5S/c1-4-28(3)10-9-15-11-16(6-5-14(15)2)26-22(32)17(13-25-20(29)12-21(30)31)27-23(33)18-7-8-19(24)34-18/h5-8,11,17H,4,9-10,12-13H2,1-3H3,(H,25,29)(H,26,32)(H,27,33)(H,30,31)/t17-/m1/s1. The van der Waals surface area contributed by atoms with Gasteiger partial charge in [-0.1, -0.05) is 24.6 Å². The number of amides is 3. The van der Waals surface area contributed by atoms with Crippen LogP contribution < -0.4 is 16.0 Å². The van der Waals surface area contributed by atoms with Crippen LogP contribution in [-0.4, -0.2) is 66.4 Å². The highest BCUT2D eigenvalue weighted by atomic mass is 35.5. The minimum Gasteiger partial charge on any atom is -0.481 e. The summed E-state index contributed by atoms with van der Waals surface area (Å²) in [7, 11) is 2.04. The summed E-state index contributed by atoms with van der Waals surface area (Å²) in [5.41, 5.74) is 2.74. The monoisotopic (exact) mass is 508 g/mol. The topological polar surface area (TPSA) is 128 Å². The molecule has 0 fully saturated rings. The molecule has 0 aliphatic heterocycles. The molecule has 1 atom stereocenters. The summed E-state index contributed by atoms with van der Waals surface area (Å²) in [5, 5.41) is 16.5. The van der Waals surface area contributed by atoms with Gasteiger partial charge < -0.3 is 26.0 Å². The van der Waals surface area contributed by atoms with Crippen LogP contribution in [0.25, 0.3) is 0 Å². The third kappa shape index (κ3) is 8.77. The van der Waals surface area contributed by atoms with Gasteiger partial charge in [0.15, 0.2) is 0 Å². The Hall–Kier alpha value is -2.95. The Morgan fingerprint density at radius 3 is 2.53 bits per heavy atom. The first kappa shape index (κ1) is 27.3.